The largest absolute Gasteiger partial charge is 0.298 e. The molecule has 0 spiro atoms. The fraction of sp³-hybridized carbons (Fsp3) is 0.100. The Morgan fingerprint density at radius 2 is 1.97 bits per heavy atom. The fourth-order valence-electron chi connectivity index (χ4n) is 2.84. The molecule has 0 radical (unpaired) electrons. The number of pyridine rings is 1. The Bertz CT molecular complexity index is 1250. The number of rotatable bonds is 6. The third-order valence-electron chi connectivity index (χ3n) is 4.16. The van der Waals surface area contributed by atoms with Crippen molar-refractivity contribution in [3.05, 3.63) is 86.9 Å². The Morgan fingerprint density at radius 3 is 2.72 bits per heavy atom. The lowest BCUT2D eigenvalue weighted by molar-refractivity contribution is 0.731. The summed E-state index contributed by atoms with van der Waals surface area (Å²) < 4.78 is 4.31. The zero-order valence-corrected chi connectivity index (χ0v) is 18.3. The third kappa shape index (κ3) is 4.29. The van der Waals surface area contributed by atoms with Gasteiger partial charge < -0.3 is 0 Å². The highest BCUT2D eigenvalue weighted by atomic mass is 79.9. The van der Waals surface area contributed by atoms with Gasteiger partial charge in [-0.3, -0.25) is 13.8 Å². The van der Waals surface area contributed by atoms with Crippen LogP contribution in [-0.4, -0.2) is 24.1 Å². The second kappa shape index (κ2) is 8.52. The topological polar surface area (TPSA) is 65.1 Å². The Hall–Kier alpha value is -2.42. The van der Waals surface area contributed by atoms with E-state index in [4.69, 9.17) is 11.6 Å². The normalized spacial score (nSPS) is 11.1. The van der Waals surface area contributed by atoms with Crippen molar-refractivity contribution in [3.63, 3.8) is 0 Å². The molecule has 0 atom stereocenters. The maximum atomic E-state index is 12.4. The summed E-state index contributed by atoms with van der Waals surface area (Å²) in [5.74, 6) is 1.23. The van der Waals surface area contributed by atoms with E-state index in [1.54, 1.807) is 24.4 Å². The number of thioether (sulfide) groups is 1. The van der Waals surface area contributed by atoms with Gasteiger partial charge in [-0.2, -0.15) is 0 Å². The van der Waals surface area contributed by atoms with Crippen molar-refractivity contribution in [2.45, 2.75) is 17.5 Å². The van der Waals surface area contributed by atoms with Crippen molar-refractivity contribution < 1.29 is 0 Å². The van der Waals surface area contributed by atoms with Crippen molar-refractivity contribution in [3.8, 4) is 11.4 Å². The number of benzene rings is 1. The van der Waals surface area contributed by atoms with Crippen LogP contribution in [0.1, 0.15) is 5.69 Å². The SMILES string of the molecule is C=CCn1c(SCc2cc(=O)n3cc(Br)ccc3n2)nnc1-c1ccc(Cl)cc1. The van der Waals surface area contributed by atoms with Crippen LogP contribution in [0.2, 0.25) is 5.02 Å². The van der Waals surface area contributed by atoms with Crippen LogP contribution in [0.3, 0.4) is 0 Å². The summed E-state index contributed by atoms with van der Waals surface area (Å²) in [5, 5.41) is 10.1. The Kier molecular flexibility index (Phi) is 5.84. The average molecular weight is 489 g/mol. The minimum Gasteiger partial charge on any atom is -0.298 e. The second-order valence-electron chi connectivity index (χ2n) is 6.16. The van der Waals surface area contributed by atoms with Gasteiger partial charge >= 0.3 is 0 Å². The first kappa shape index (κ1) is 19.9. The van der Waals surface area contributed by atoms with Crippen molar-refractivity contribution in [1.82, 2.24) is 24.1 Å². The van der Waals surface area contributed by atoms with Gasteiger partial charge in [0, 0.05) is 39.6 Å². The molecule has 0 aliphatic rings. The molecule has 1 aromatic carbocycles. The Morgan fingerprint density at radius 1 is 1.17 bits per heavy atom. The van der Waals surface area contributed by atoms with Gasteiger partial charge in [-0.1, -0.05) is 29.4 Å². The van der Waals surface area contributed by atoms with E-state index in [1.807, 2.05) is 34.9 Å². The molecule has 146 valence electrons. The predicted octanol–water partition coefficient (Wildman–Crippen LogP) is 4.85. The molecule has 6 nitrogen and oxygen atoms in total. The van der Waals surface area contributed by atoms with E-state index in [1.165, 1.54) is 16.2 Å². The molecule has 29 heavy (non-hydrogen) atoms. The molecule has 0 bridgehead atoms. The number of hydrogen-bond donors (Lipinski definition) is 0. The third-order valence-corrected chi connectivity index (χ3v) is 5.88. The molecule has 0 fully saturated rings. The monoisotopic (exact) mass is 487 g/mol. The first-order chi connectivity index (χ1) is 14.0. The lowest BCUT2D eigenvalue weighted by Crippen LogP contribution is -2.15. The summed E-state index contributed by atoms with van der Waals surface area (Å²) in [7, 11) is 0. The molecular weight excluding hydrogens is 474 g/mol. The van der Waals surface area contributed by atoms with Crippen molar-refractivity contribution in [1.29, 1.82) is 0 Å². The summed E-state index contributed by atoms with van der Waals surface area (Å²) in [4.78, 5) is 17.0. The summed E-state index contributed by atoms with van der Waals surface area (Å²) in [6.07, 6.45) is 3.51. The van der Waals surface area contributed by atoms with Crippen LogP contribution in [0.4, 0.5) is 0 Å². The van der Waals surface area contributed by atoms with Crippen LogP contribution in [0, 0.1) is 0 Å². The number of fused-ring (bicyclic) bond motifs is 1. The molecule has 0 N–H and O–H groups in total. The van der Waals surface area contributed by atoms with E-state index in [0.717, 1.165) is 21.0 Å². The predicted molar refractivity (Wildman–Crippen MR) is 119 cm³/mol. The molecule has 4 aromatic rings. The van der Waals surface area contributed by atoms with E-state index < -0.39 is 0 Å². The molecule has 0 aliphatic heterocycles. The highest BCUT2D eigenvalue weighted by molar-refractivity contribution is 9.10. The van der Waals surface area contributed by atoms with E-state index >= 15 is 0 Å². The van der Waals surface area contributed by atoms with E-state index in [0.29, 0.717) is 28.7 Å². The highest BCUT2D eigenvalue weighted by Gasteiger charge is 2.14. The van der Waals surface area contributed by atoms with E-state index in [2.05, 4.69) is 37.7 Å². The minimum absolute atomic E-state index is 0.124. The molecule has 0 unspecified atom stereocenters. The van der Waals surface area contributed by atoms with Crippen LogP contribution in [0.25, 0.3) is 17.0 Å². The smallest absolute Gasteiger partial charge is 0.258 e. The average Bonchev–Trinajstić information content (AvgIpc) is 3.10. The van der Waals surface area contributed by atoms with Crippen molar-refractivity contribution >= 4 is 44.9 Å². The van der Waals surface area contributed by atoms with Gasteiger partial charge in [0.1, 0.15) is 5.65 Å². The molecule has 3 heterocycles. The molecule has 0 saturated carbocycles. The molecule has 0 saturated heterocycles. The number of halogens is 2. The maximum Gasteiger partial charge on any atom is 0.258 e. The van der Waals surface area contributed by atoms with Gasteiger partial charge in [-0.15, -0.1) is 16.8 Å². The lowest BCUT2D eigenvalue weighted by atomic mass is 10.2. The molecule has 0 aliphatic carbocycles. The van der Waals surface area contributed by atoms with Crippen LogP contribution < -0.4 is 5.56 Å². The van der Waals surface area contributed by atoms with Crippen molar-refractivity contribution in [2.24, 2.45) is 0 Å². The molecule has 4 rings (SSSR count). The number of aromatic nitrogens is 5. The van der Waals surface area contributed by atoms with Gasteiger partial charge in [0.05, 0.1) is 5.69 Å². The molecule has 3 aromatic heterocycles. The van der Waals surface area contributed by atoms with Crippen LogP contribution in [0.15, 0.2) is 75.7 Å². The summed E-state index contributed by atoms with van der Waals surface area (Å²) >= 11 is 10.8. The van der Waals surface area contributed by atoms with Crippen LogP contribution in [0.5, 0.6) is 0 Å². The molecule has 9 heteroatoms. The number of hydrogen-bond acceptors (Lipinski definition) is 5. The van der Waals surface area contributed by atoms with Gasteiger partial charge in [-0.25, -0.2) is 4.98 Å². The number of nitrogens with zero attached hydrogens (tertiary/aromatic N) is 5. The van der Waals surface area contributed by atoms with Gasteiger partial charge in [0.2, 0.25) is 0 Å². The van der Waals surface area contributed by atoms with Crippen molar-refractivity contribution in [2.75, 3.05) is 0 Å². The van der Waals surface area contributed by atoms with Crippen LogP contribution >= 0.6 is 39.3 Å². The molecular formula is C20H15BrClN5OS. The Labute approximate surface area is 184 Å². The second-order valence-corrected chi connectivity index (χ2v) is 8.46. The summed E-state index contributed by atoms with van der Waals surface area (Å²) in [5.41, 5.74) is 2.08. The fourth-order valence-corrected chi connectivity index (χ4v) is 4.14. The molecule has 0 amide bonds. The van der Waals surface area contributed by atoms with E-state index in [-0.39, 0.29) is 5.56 Å². The van der Waals surface area contributed by atoms with Gasteiger partial charge in [-0.05, 0) is 52.3 Å². The maximum absolute atomic E-state index is 12.4. The van der Waals surface area contributed by atoms with E-state index in [9.17, 15) is 4.79 Å². The quantitative estimate of drug-likeness (QED) is 0.287. The number of allylic oxidation sites excluding steroid dienone is 1. The zero-order chi connectivity index (χ0) is 20.4. The van der Waals surface area contributed by atoms with Gasteiger partial charge in [0.15, 0.2) is 11.0 Å². The minimum atomic E-state index is -0.124. The Balaban J connectivity index is 1.62. The summed E-state index contributed by atoms with van der Waals surface area (Å²) in [6.45, 7) is 4.39. The van der Waals surface area contributed by atoms with Crippen LogP contribution in [-0.2, 0) is 12.3 Å². The summed E-state index contributed by atoms with van der Waals surface area (Å²) in [6, 6.07) is 12.7. The van der Waals surface area contributed by atoms with Gasteiger partial charge in [0.25, 0.3) is 5.56 Å². The first-order valence-electron chi connectivity index (χ1n) is 8.66. The first-order valence-corrected chi connectivity index (χ1v) is 10.8. The standard InChI is InChI=1S/C20H15BrClN5OS/c1-2-9-26-19(13-3-6-15(22)7-4-13)24-25-20(26)29-12-16-10-18(28)27-11-14(21)5-8-17(27)23-16/h2-8,10-11H,1,9,12H2. The highest BCUT2D eigenvalue weighted by Crippen LogP contribution is 2.27. The zero-order valence-electron chi connectivity index (χ0n) is 15.1. The lowest BCUT2D eigenvalue weighted by Gasteiger charge is -2.08.